The van der Waals surface area contributed by atoms with E-state index in [0.29, 0.717) is 4.77 Å². The molecule has 0 bridgehead atoms. The second-order valence-corrected chi connectivity index (χ2v) is 4.32. The lowest BCUT2D eigenvalue weighted by Gasteiger charge is -2.15. The summed E-state index contributed by atoms with van der Waals surface area (Å²) in [6, 6.07) is 1.43. The van der Waals surface area contributed by atoms with Crippen molar-refractivity contribution in [3.8, 4) is 0 Å². The van der Waals surface area contributed by atoms with Crippen LogP contribution in [0.4, 0.5) is 0 Å². The number of rotatable bonds is 2. The van der Waals surface area contributed by atoms with Gasteiger partial charge in [-0.3, -0.25) is 9.78 Å². The van der Waals surface area contributed by atoms with Crippen molar-refractivity contribution in [3.05, 3.63) is 44.4 Å². The SMILES string of the molecule is Cc1noc(C)c1C(C)n1ccc(=O)[nH]c1=S. The molecule has 6 heteroatoms. The van der Waals surface area contributed by atoms with Gasteiger partial charge in [-0.1, -0.05) is 5.16 Å². The Hall–Kier alpha value is -1.69. The molecule has 17 heavy (non-hydrogen) atoms. The number of hydrogen-bond donors (Lipinski definition) is 1. The lowest BCUT2D eigenvalue weighted by molar-refractivity contribution is 0.391. The van der Waals surface area contributed by atoms with Crippen LogP contribution in [0.15, 0.2) is 21.6 Å². The third-order valence-corrected chi connectivity index (χ3v) is 3.09. The minimum Gasteiger partial charge on any atom is -0.361 e. The van der Waals surface area contributed by atoms with Gasteiger partial charge < -0.3 is 9.09 Å². The Balaban J connectivity index is 2.55. The minimum absolute atomic E-state index is 0.0226. The van der Waals surface area contributed by atoms with Crippen LogP contribution in [0.5, 0.6) is 0 Å². The molecule has 2 rings (SSSR count). The van der Waals surface area contributed by atoms with Gasteiger partial charge in [0.15, 0.2) is 4.77 Å². The molecule has 2 aromatic rings. The number of nitrogens with zero attached hydrogens (tertiary/aromatic N) is 2. The molecule has 2 heterocycles. The van der Waals surface area contributed by atoms with Crippen molar-refractivity contribution in [2.24, 2.45) is 0 Å². The van der Waals surface area contributed by atoms with E-state index in [0.717, 1.165) is 17.0 Å². The molecule has 1 atom stereocenters. The van der Waals surface area contributed by atoms with Crippen LogP contribution in [-0.2, 0) is 0 Å². The number of hydrogen-bond acceptors (Lipinski definition) is 4. The molecule has 1 N–H and O–H groups in total. The molecular weight excluding hydrogens is 238 g/mol. The van der Waals surface area contributed by atoms with Gasteiger partial charge in [-0.15, -0.1) is 0 Å². The van der Waals surface area contributed by atoms with Crippen molar-refractivity contribution in [3.63, 3.8) is 0 Å². The predicted octanol–water partition coefficient (Wildman–Crippen LogP) is 2.12. The average Bonchev–Trinajstić information content (AvgIpc) is 2.58. The van der Waals surface area contributed by atoms with E-state index in [2.05, 4.69) is 10.1 Å². The monoisotopic (exact) mass is 251 g/mol. The first kappa shape index (κ1) is 11.8. The summed E-state index contributed by atoms with van der Waals surface area (Å²) in [4.78, 5) is 13.7. The summed E-state index contributed by atoms with van der Waals surface area (Å²) in [5.74, 6) is 0.767. The Morgan fingerprint density at radius 2 is 2.24 bits per heavy atom. The summed E-state index contributed by atoms with van der Waals surface area (Å²) in [6.07, 6.45) is 1.68. The third-order valence-electron chi connectivity index (χ3n) is 2.77. The van der Waals surface area contributed by atoms with Crippen LogP contribution in [0.25, 0.3) is 0 Å². The van der Waals surface area contributed by atoms with Gasteiger partial charge in [0.25, 0.3) is 5.56 Å². The zero-order chi connectivity index (χ0) is 12.6. The normalized spacial score (nSPS) is 12.6. The van der Waals surface area contributed by atoms with Gasteiger partial charge in [0.2, 0.25) is 0 Å². The highest BCUT2D eigenvalue weighted by Crippen LogP contribution is 2.24. The molecule has 5 nitrogen and oxygen atoms in total. The van der Waals surface area contributed by atoms with Crippen LogP contribution in [0, 0.1) is 18.6 Å². The fourth-order valence-electron chi connectivity index (χ4n) is 1.96. The van der Waals surface area contributed by atoms with Crippen molar-refractivity contribution in [1.29, 1.82) is 0 Å². The molecule has 0 saturated carbocycles. The van der Waals surface area contributed by atoms with Gasteiger partial charge in [0.1, 0.15) is 5.76 Å². The Kier molecular flexibility index (Phi) is 2.97. The van der Waals surface area contributed by atoms with E-state index in [4.69, 9.17) is 16.7 Å². The summed E-state index contributed by atoms with van der Waals surface area (Å²) >= 11 is 5.13. The number of aromatic nitrogens is 3. The van der Waals surface area contributed by atoms with E-state index in [1.54, 1.807) is 6.20 Å². The smallest absolute Gasteiger partial charge is 0.251 e. The standard InChI is InChI=1S/C11H13N3O2S/c1-6-10(8(3)16-13-6)7(2)14-5-4-9(15)12-11(14)17/h4-5,7H,1-3H3,(H,12,15,17). The van der Waals surface area contributed by atoms with Gasteiger partial charge in [-0.05, 0) is 33.0 Å². The van der Waals surface area contributed by atoms with Crippen molar-refractivity contribution >= 4 is 12.2 Å². The summed E-state index contributed by atoms with van der Waals surface area (Å²) in [7, 11) is 0. The largest absolute Gasteiger partial charge is 0.361 e. The molecule has 0 radical (unpaired) electrons. The number of aromatic amines is 1. The first-order valence-electron chi connectivity index (χ1n) is 5.25. The lowest BCUT2D eigenvalue weighted by Crippen LogP contribution is -2.15. The second kappa shape index (κ2) is 4.29. The maximum absolute atomic E-state index is 11.1. The summed E-state index contributed by atoms with van der Waals surface area (Å²) in [5, 5.41) is 3.92. The molecule has 1 unspecified atom stereocenters. The van der Waals surface area contributed by atoms with Gasteiger partial charge in [-0.25, -0.2) is 0 Å². The molecule has 0 spiro atoms. The molecule has 0 aliphatic heterocycles. The van der Waals surface area contributed by atoms with E-state index >= 15 is 0 Å². The fraction of sp³-hybridized carbons (Fsp3) is 0.364. The number of aryl methyl sites for hydroxylation is 2. The highest BCUT2D eigenvalue weighted by molar-refractivity contribution is 7.71. The Bertz CT molecular complexity index is 634. The highest BCUT2D eigenvalue weighted by atomic mass is 32.1. The van der Waals surface area contributed by atoms with Gasteiger partial charge in [-0.2, -0.15) is 0 Å². The average molecular weight is 251 g/mol. The van der Waals surface area contributed by atoms with E-state index < -0.39 is 0 Å². The van der Waals surface area contributed by atoms with Crippen molar-refractivity contribution < 1.29 is 4.52 Å². The molecule has 2 aromatic heterocycles. The Morgan fingerprint density at radius 3 is 2.76 bits per heavy atom. The van der Waals surface area contributed by atoms with Crippen LogP contribution < -0.4 is 5.56 Å². The number of H-pyrrole nitrogens is 1. The van der Waals surface area contributed by atoms with E-state index in [9.17, 15) is 4.79 Å². The third kappa shape index (κ3) is 2.08. The van der Waals surface area contributed by atoms with E-state index in [-0.39, 0.29) is 11.6 Å². The minimum atomic E-state index is -0.197. The van der Waals surface area contributed by atoms with E-state index in [1.165, 1.54) is 6.07 Å². The molecule has 90 valence electrons. The maximum Gasteiger partial charge on any atom is 0.251 e. The summed E-state index contributed by atoms with van der Waals surface area (Å²) in [6.45, 7) is 5.74. The van der Waals surface area contributed by atoms with Crippen molar-refractivity contribution in [2.45, 2.75) is 26.8 Å². The van der Waals surface area contributed by atoms with Crippen LogP contribution in [-0.4, -0.2) is 14.7 Å². The summed E-state index contributed by atoms with van der Waals surface area (Å²) in [5.41, 5.74) is 1.63. The van der Waals surface area contributed by atoms with Crippen LogP contribution in [0.3, 0.4) is 0 Å². The quantitative estimate of drug-likeness (QED) is 0.830. The van der Waals surface area contributed by atoms with Gasteiger partial charge in [0, 0.05) is 17.8 Å². The molecule has 0 amide bonds. The molecule has 0 saturated heterocycles. The molecular formula is C11H13N3O2S. The number of nitrogens with one attached hydrogen (secondary N) is 1. The summed E-state index contributed by atoms with van der Waals surface area (Å²) < 4.78 is 7.33. The molecule has 0 aliphatic carbocycles. The van der Waals surface area contributed by atoms with Gasteiger partial charge in [0.05, 0.1) is 11.7 Å². The highest BCUT2D eigenvalue weighted by Gasteiger charge is 2.17. The van der Waals surface area contributed by atoms with Gasteiger partial charge >= 0.3 is 0 Å². The first-order valence-corrected chi connectivity index (χ1v) is 5.65. The molecule has 0 aliphatic rings. The zero-order valence-corrected chi connectivity index (χ0v) is 10.7. The first-order chi connectivity index (χ1) is 8.00. The lowest BCUT2D eigenvalue weighted by atomic mass is 10.1. The molecule has 0 fully saturated rings. The maximum atomic E-state index is 11.1. The van der Waals surface area contributed by atoms with E-state index in [1.807, 2.05) is 25.3 Å². The predicted molar refractivity (Wildman–Crippen MR) is 65.7 cm³/mol. The Labute approximate surface area is 103 Å². The molecule has 0 aromatic carbocycles. The second-order valence-electron chi connectivity index (χ2n) is 3.93. The fourth-order valence-corrected chi connectivity index (χ4v) is 2.28. The van der Waals surface area contributed by atoms with Crippen molar-refractivity contribution in [2.75, 3.05) is 0 Å². The van der Waals surface area contributed by atoms with Crippen LogP contribution >= 0.6 is 12.2 Å². The van der Waals surface area contributed by atoms with Crippen molar-refractivity contribution in [1.82, 2.24) is 14.7 Å². The Morgan fingerprint density at radius 1 is 1.53 bits per heavy atom. The van der Waals surface area contributed by atoms with Crippen LogP contribution in [0.1, 0.15) is 30.0 Å². The van der Waals surface area contributed by atoms with Crippen LogP contribution in [0.2, 0.25) is 0 Å². The topological polar surface area (TPSA) is 63.8 Å². The zero-order valence-electron chi connectivity index (χ0n) is 9.85.